The molecular formula is C14H21NO2S. The van der Waals surface area contributed by atoms with Crippen LogP contribution in [0.4, 0.5) is 0 Å². The number of aromatic carboxylic acids is 1. The van der Waals surface area contributed by atoms with Crippen LogP contribution in [0.1, 0.15) is 55.8 Å². The Morgan fingerprint density at radius 3 is 2.72 bits per heavy atom. The molecule has 1 rings (SSSR count). The number of carbonyl (C=O) groups is 1. The highest BCUT2D eigenvalue weighted by Crippen LogP contribution is 2.18. The molecule has 0 aliphatic heterocycles. The van der Waals surface area contributed by atoms with Crippen LogP contribution in [0.2, 0.25) is 0 Å². The minimum atomic E-state index is -0.890. The van der Waals surface area contributed by atoms with E-state index in [9.17, 15) is 4.79 Å². The Labute approximate surface area is 113 Å². The summed E-state index contributed by atoms with van der Waals surface area (Å²) < 4.78 is 0. The van der Waals surface area contributed by atoms with Crippen molar-refractivity contribution in [1.82, 2.24) is 4.98 Å². The molecule has 1 N–H and O–H groups in total. The fraction of sp³-hybridized carbons (Fsp3) is 0.571. The zero-order valence-corrected chi connectivity index (χ0v) is 11.7. The Morgan fingerprint density at radius 1 is 1.28 bits per heavy atom. The van der Waals surface area contributed by atoms with Crippen LogP contribution in [0.15, 0.2) is 23.4 Å². The van der Waals surface area contributed by atoms with Gasteiger partial charge in [-0.05, 0) is 24.3 Å². The molecule has 0 unspecified atom stereocenters. The third-order valence-electron chi connectivity index (χ3n) is 2.73. The molecule has 0 spiro atoms. The summed E-state index contributed by atoms with van der Waals surface area (Å²) in [6.45, 7) is 2.22. The van der Waals surface area contributed by atoms with Gasteiger partial charge in [-0.15, -0.1) is 11.8 Å². The molecule has 0 radical (unpaired) electrons. The first-order valence-corrected chi connectivity index (χ1v) is 7.54. The molecule has 0 atom stereocenters. The molecule has 100 valence electrons. The van der Waals surface area contributed by atoms with E-state index in [-0.39, 0.29) is 0 Å². The highest BCUT2D eigenvalue weighted by molar-refractivity contribution is 7.99. The summed E-state index contributed by atoms with van der Waals surface area (Å²) >= 11 is 1.64. The van der Waals surface area contributed by atoms with Crippen LogP contribution in [-0.4, -0.2) is 21.8 Å². The van der Waals surface area contributed by atoms with Crippen LogP contribution >= 0.6 is 11.8 Å². The second kappa shape index (κ2) is 8.97. The van der Waals surface area contributed by atoms with Crippen LogP contribution in [0.25, 0.3) is 0 Å². The van der Waals surface area contributed by atoms with Gasteiger partial charge >= 0.3 is 5.97 Å². The van der Waals surface area contributed by atoms with Crippen LogP contribution in [0, 0.1) is 0 Å². The number of hydrogen-bond acceptors (Lipinski definition) is 3. The normalized spacial score (nSPS) is 10.5. The number of carboxylic acid groups (broad SMARTS) is 1. The minimum Gasteiger partial charge on any atom is -0.478 e. The number of carboxylic acids is 1. The van der Waals surface area contributed by atoms with E-state index in [4.69, 9.17) is 5.11 Å². The van der Waals surface area contributed by atoms with E-state index in [0.29, 0.717) is 5.56 Å². The molecule has 1 heterocycles. The van der Waals surface area contributed by atoms with Gasteiger partial charge in [0.15, 0.2) is 0 Å². The quantitative estimate of drug-likeness (QED) is 0.537. The van der Waals surface area contributed by atoms with Gasteiger partial charge in [-0.3, -0.25) is 0 Å². The van der Waals surface area contributed by atoms with Crippen molar-refractivity contribution in [2.24, 2.45) is 0 Å². The lowest BCUT2D eigenvalue weighted by Gasteiger charge is -2.02. The first-order chi connectivity index (χ1) is 8.74. The molecule has 0 saturated carbocycles. The zero-order valence-electron chi connectivity index (χ0n) is 10.9. The van der Waals surface area contributed by atoms with E-state index in [1.54, 1.807) is 24.0 Å². The van der Waals surface area contributed by atoms with Crippen molar-refractivity contribution < 1.29 is 9.90 Å². The SMILES string of the molecule is CCCCCCCCSc1cc(C(=O)O)ccn1. The second-order valence-electron chi connectivity index (χ2n) is 4.30. The molecule has 0 amide bonds. The molecule has 0 aliphatic carbocycles. The van der Waals surface area contributed by atoms with Crippen LogP contribution in [0.5, 0.6) is 0 Å². The summed E-state index contributed by atoms with van der Waals surface area (Å²) in [5, 5.41) is 9.67. The van der Waals surface area contributed by atoms with Gasteiger partial charge in [-0.2, -0.15) is 0 Å². The maximum absolute atomic E-state index is 10.8. The topological polar surface area (TPSA) is 50.2 Å². The number of aromatic nitrogens is 1. The van der Waals surface area contributed by atoms with Gasteiger partial charge < -0.3 is 5.11 Å². The predicted octanol–water partition coefficient (Wildman–Crippen LogP) is 4.23. The van der Waals surface area contributed by atoms with Crippen molar-refractivity contribution in [3.8, 4) is 0 Å². The molecule has 0 saturated heterocycles. The van der Waals surface area contributed by atoms with Crippen molar-refractivity contribution in [3.05, 3.63) is 23.9 Å². The van der Waals surface area contributed by atoms with Crippen LogP contribution in [-0.2, 0) is 0 Å². The Balaban J connectivity index is 2.19. The van der Waals surface area contributed by atoms with Crippen LogP contribution in [0.3, 0.4) is 0 Å². The number of hydrogen-bond donors (Lipinski definition) is 1. The molecular weight excluding hydrogens is 246 g/mol. The van der Waals surface area contributed by atoms with Gasteiger partial charge in [-0.25, -0.2) is 9.78 Å². The van der Waals surface area contributed by atoms with Gasteiger partial charge in [0, 0.05) is 6.20 Å². The molecule has 0 aliphatic rings. The second-order valence-corrected chi connectivity index (χ2v) is 5.42. The molecule has 1 aromatic heterocycles. The largest absolute Gasteiger partial charge is 0.478 e. The predicted molar refractivity (Wildman–Crippen MR) is 75.3 cm³/mol. The standard InChI is InChI=1S/C14H21NO2S/c1-2-3-4-5-6-7-10-18-13-11-12(14(16)17)8-9-15-13/h8-9,11H,2-7,10H2,1H3,(H,16,17). The van der Waals surface area contributed by atoms with Crippen molar-refractivity contribution >= 4 is 17.7 Å². The van der Waals surface area contributed by atoms with E-state index in [0.717, 1.165) is 10.8 Å². The van der Waals surface area contributed by atoms with Crippen molar-refractivity contribution in [2.75, 3.05) is 5.75 Å². The fourth-order valence-corrected chi connectivity index (χ4v) is 2.58. The van der Waals surface area contributed by atoms with Gasteiger partial charge in [0.05, 0.1) is 10.6 Å². The average Bonchev–Trinajstić information content (AvgIpc) is 2.38. The Hall–Kier alpha value is -1.03. The number of unbranched alkanes of at least 4 members (excludes halogenated alkanes) is 5. The maximum Gasteiger partial charge on any atom is 0.335 e. The summed E-state index contributed by atoms with van der Waals surface area (Å²) in [5.41, 5.74) is 0.315. The molecule has 0 fully saturated rings. The molecule has 4 heteroatoms. The molecule has 1 aromatic rings. The smallest absolute Gasteiger partial charge is 0.335 e. The van der Waals surface area contributed by atoms with Gasteiger partial charge in [-0.1, -0.05) is 39.0 Å². The molecule has 18 heavy (non-hydrogen) atoms. The monoisotopic (exact) mass is 267 g/mol. The van der Waals surface area contributed by atoms with Crippen LogP contribution < -0.4 is 0 Å². The first-order valence-electron chi connectivity index (χ1n) is 6.56. The molecule has 3 nitrogen and oxygen atoms in total. The minimum absolute atomic E-state index is 0.315. The zero-order chi connectivity index (χ0) is 13.2. The third-order valence-corrected chi connectivity index (χ3v) is 3.74. The highest BCUT2D eigenvalue weighted by atomic mass is 32.2. The van der Waals surface area contributed by atoms with E-state index >= 15 is 0 Å². The lowest BCUT2D eigenvalue weighted by Crippen LogP contribution is -1.96. The van der Waals surface area contributed by atoms with Gasteiger partial charge in [0.1, 0.15) is 0 Å². The fourth-order valence-electron chi connectivity index (χ4n) is 1.68. The Morgan fingerprint density at radius 2 is 2.00 bits per heavy atom. The Bertz CT molecular complexity index is 369. The van der Waals surface area contributed by atoms with Gasteiger partial charge in [0.2, 0.25) is 0 Å². The number of pyridine rings is 1. The molecule has 0 aromatic carbocycles. The maximum atomic E-state index is 10.8. The van der Waals surface area contributed by atoms with E-state index in [1.165, 1.54) is 44.6 Å². The summed E-state index contributed by atoms with van der Waals surface area (Å²) in [6.07, 6.45) is 9.23. The molecule has 0 bridgehead atoms. The summed E-state index contributed by atoms with van der Waals surface area (Å²) in [6, 6.07) is 3.17. The van der Waals surface area contributed by atoms with Crippen molar-refractivity contribution in [3.63, 3.8) is 0 Å². The van der Waals surface area contributed by atoms with E-state index < -0.39 is 5.97 Å². The highest BCUT2D eigenvalue weighted by Gasteiger charge is 2.04. The lowest BCUT2D eigenvalue weighted by molar-refractivity contribution is 0.0696. The first kappa shape index (κ1) is 15.0. The number of thioether (sulfide) groups is 1. The third kappa shape index (κ3) is 6.05. The summed E-state index contributed by atoms with van der Waals surface area (Å²) in [7, 11) is 0. The number of rotatable bonds is 9. The lowest BCUT2D eigenvalue weighted by atomic mass is 10.1. The summed E-state index contributed by atoms with van der Waals surface area (Å²) in [5.74, 6) is 0.126. The van der Waals surface area contributed by atoms with Crippen molar-refractivity contribution in [1.29, 1.82) is 0 Å². The van der Waals surface area contributed by atoms with E-state index in [1.807, 2.05) is 0 Å². The van der Waals surface area contributed by atoms with E-state index in [2.05, 4.69) is 11.9 Å². The summed E-state index contributed by atoms with van der Waals surface area (Å²) in [4.78, 5) is 15.0. The Kier molecular flexibility index (Phi) is 7.49. The van der Waals surface area contributed by atoms with Gasteiger partial charge in [0.25, 0.3) is 0 Å². The van der Waals surface area contributed by atoms with Crippen molar-refractivity contribution in [2.45, 2.75) is 50.5 Å². The average molecular weight is 267 g/mol. The number of nitrogens with zero attached hydrogens (tertiary/aromatic N) is 1.